The van der Waals surface area contributed by atoms with Crippen molar-refractivity contribution in [2.24, 2.45) is 0 Å². The summed E-state index contributed by atoms with van der Waals surface area (Å²) >= 11 is 1.74. The second-order valence-corrected chi connectivity index (χ2v) is 6.87. The highest BCUT2D eigenvalue weighted by Crippen LogP contribution is 2.18. The van der Waals surface area contributed by atoms with Gasteiger partial charge in [0.1, 0.15) is 5.76 Å². The van der Waals surface area contributed by atoms with Gasteiger partial charge in [-0.1, -0.05) is 25.5 Å². The standard InChI is InChI=1S/C19H26N2O2S/c1-3-4-6-16-8-9-18(15(2)13-16)21-19(22)20-10-12-24-14-17-7-5-11-23-17/h5,7-9,11,13H,3-4,6,10,12,14H2,1-2H3,(H2,20,21,22). The summed E-state index contributed by atoms with van der Waals surface area (Å²) in [6.45, 7) is 4.86. The molecule has 5 heteroatoms. The Bertz CT molecular complexity index is 626. The Hall–Kier alpha value is -1.88. The van der Waals surface area contributed by atoms with Crippen molar-refractivity contribution in [2.45, 2.75) is 38.9 Å². The fraction of sp³-hybridized carbons (Fsp3) is 0.421. The van der Waals surface area contributed by atoms with Crippen LogP contribution in [-0.4, -0.2) is 18.3 Å². The summed E-state index contributed by atoms with van der Waals surface area (Å²) in [4.78, 5) is 12.0. The predicted octanol–water partition coefficient (Wildman–Crippen LogP) is 4.99. The van der Waals surface area contributed by atoms with Crippen LogP contribution >= 0.6 is 11.8 Å². The smallest absolute Gasteiger partial charge is 0.319 e. The summed E-state index contributed by atoms with van der Waals surface area (Å²) in [6.07, 6.45) is 5.16. The first-order chi connectivity index (χ1) is 11.7. The third-order valence-corrected chi connectivity index (χ3v) is 4.70. The zero-order valence-corrected chi connectivity index (χ0v) is 15.2. The minimum atomic E-state index is -0.155. The molecule has 2 rings (SSSR count). The van der Waals surface area contributed by atoms with E-state index in [9.17, 15) is 4.79 Å². The molecule has 0 unspecified atom stereocenters. The lowest BCUT2D eigenvalue weighted by molar-refractivity contribution is 0.252. The maximum absolute atomic E-state index is 12.0. The van der Waals surface area contributed by atoms with Gasteiger partial charge < -0.3 is 15.1 Å². The molecule has 2 N–H and O–H groups in total. The lowest BCUT2D eigenvalue weighted by Gasteiger charge is -2.11. The Balaban J connectivity index is 1.68. The number of hydrogen-bond donors (Lipinski definition) is 2. The molecule has 1 heterocycles. The van der Waals surface area contributed by atoms with E-state index in [0.717, 1.165) is 34.9 Å². The summed E-state index contributed by atoms with van der Waals surface area (Å²) in [5.74, 6) is 2.64. The highest BCUT2D eigenvalue weighted by molar-refractivity contribution is 7.98. The number of nitrogens with one attached hydrogen (secondary N) is 2. The van der Waals surface area contributed by atoms with Crippen LogP contribution in [0.25, 0.3) is 0 Å². The molecule has 0 saturated heterocycles. The van der Waals surface area contributed by atoms with Crippen molar-refractivity contribution in [1.82, 2.24) is 5.32 Å². The van der Waals surface area contributed by atoms with Crippen LogP contribution < -0.4 is 10.6 Å². The van der Waals surface area contributed by atoms with E-state index in [-0.39, 0.29) is 6.03 Å². The molecule has 0 saturated carbocycles. The molecule has 0 atom stereocenters. The lowest BCUT2D eigenvalue weighted by Crippen LogP contribution is -2.30. The molecule has 4 nitrogen and oxygen atoms in total. The van der Waals surface area contributed by atoms with E-state index >= 15 is 0 Å². The first kappa shape index (κ1) is 18.5. The van der Waals surface area contributed by atoms with Gasteiger partial charge in [-0.2, -0.15) is 11.8 Å². The van der Waals surface area contributed by atoms with E-state index in [0.29, 0.717) is 6.54 Å². The summed E-state index contributed by atoms with van der Waals surface area (Å²) in [6, 6.07) is 9.93. The van der Waals surface area contributed by atoms with E-state index in [1.165, 1.54) is 18.4 Å². The quantitative estimate of drug-likeness (QED) is 0.629. The van der Waals surface area contributed by atoms with Crippen molar-refractivity contribution < 1.29 is 9.21 Å². The fourth-order valence-electron chi connectivity index (χ4n) is 2.37. The van der Waals surface area contributed by atoms with Crippen LogP contribution in [0.15, 0.2) is 41.0 Å². The van der Waals surface area contributed by atoms with Gasteiger partial charge in [-0.25, -0.2) is 4.79 Å². The van der Waals surface area contributed by atoms with E-state index in [1.807, 2.05) is 25.1 Å². The average Bonchev–Trinajstić information content (AvgIpc) is 3.08. The number of urea groups is 1. The second-order valence-electron chi connectivity index (χ2n) is 5.77. The number of furan rings is 1. The van der Waals surface area contributed by atoms with Crippen molar-refractivity contribution in [2.75, 3.05) is 17.6 Å². The van der Waals surface area contributed by atoms with E-state index < -0.39 is 0 Å². The largest absolute Gasteiger partial charge is 0.468 e. The molecule has 130 valence electrons. The minimum absolute atomic E-state index is 0.155. The van der Waals surface area contributed by atoms with Crippen LogP contribution in [0.1, 0.15) is 36.7 Å². The van der Waals surface area contributed by atoms with Gasteiger partial charge in [0, 0.05) is 18.0 Å². The number of anilines is 1. The van der Waals surface area contributed by atoms with Gasteiger partial charge in [-0.3, -0.25) is 0 Å². The summed E-state index contributed by atoms with van der Waals surface area (Å²) < 4.78 is 5.27. The van der Waals surface area contributed by atoms with Crippen molar-refractivity contribution >= 4 is 23.5 Å². The van der Waals surface area contributed by atoms with E-state index in [1.54, 1.807) is 18.0 Å². The fourth-order valence-corrected chi connectivity index (χ4v) is 3.13. The third kappa shape index (κ3) is 6.32. The Morgan fingerprint density at radius 3 is 2.88 bits per heavy atom. The van der Waals surface area contributed by atoms with Crippen molar-refractivity contribution in [3.63, 3.8) is 0 Å². The average molecular weight is 346 g/mol. The highest BCUT2D eigenvalue weighted by atomic mass is 32.2. The number of benzene rings is 1. The number of hydrogen-bond acceptors (Lipinski definition) is 3. The zero-order valence-electron chi connectivity index (χ0n) is 14.4. The first-order valence-corrected chi connectivity index (χ1v) is 9.59. The highest BCUT2D eigenvalue weighted by Gasteiger charge is 2.05. The maximum Gasteiger partial charge on any atom is 0.319 e. The molecule has 24 heavy (non-hydrogen) atoms. The van der Waals surface area contributed by atoms with Gasteiger partial charge in [0.15, 0.2) is 0 Å². The van der Waals surface area contributed by atoms with E-state index in [4.69, 9.17) is 4.42 Å². The van der Waals surface area contributed by atoms with E-state index in [2.05, 4.69) is 29.7 Å². The van der Waals surface area contributed by atoms with Crippen LogP contribution in [0.2, 0.25) is 0 Å². The second kappa shape index (κ2) is 10.1. The Labute approximate surface area is 148 Å². The summed E-state index contributed by atoms with van der Waals surface area (Å²) in [5.41, 5.74) is 3.30. The molecule has 0 aliphatic heterocycles. The molecule has 1 aromatic carbocycles. The summed E-state index contributed by atoms with van der Waals surface area (Å²) in [5, 5.41) is 5.81. The molecule has 0 aliphatic rings. The monoisotopic (exact) mass is 346 g/mol. The number of thioether (sulfide) groups is 1. The van der Waals surface area contributed by atoms with Crippen LogP contribution in [0, 0.1) is 6.92 Å². The third-order valence-electron chi connectivity index (χ3n) is 3.71. The van der Waals surface area contributed by atoms with Crippen molar-refractivity contribution in [1.29, 1.82) is 0 Å². The Kier molecular flexibility index (Phi) is 7.75. The number of unbranched alkanes of at least 4 members (excludes halogenated alkanes) is 1. The lowest BCUT2D eigenvalue weighted by atomic mass is 10.0. The number of amides is 2. The van der Waals surface area contributed by atoms with Gasteiger partial charge >= 0.3 is 6.03 Å². The first-order valence-electron chi connectivity index (χ1n) is 8.43. The predicted molar refractivity (Wildman–Crippen MR) is 102 cm³/mol. The molecule has 0 spiro atoms. The molecular weight excluding hydrogens is 320 g/mol. The van der Waals surface area contributed by atoms with Crippen LogP contribution in [-0.2, 0) is 12.2 Å². The zero-order chi connectivity index (χ0) is 17.2. The number of carbonyl (C=O) groups excluding carboxylic acids is 1. The van der Waals surface area contributed by atoms with Crippen LogP contribution in [0.5, 0.6) is 0 Å². The minimum Gasteiger partial charge on any atom is -0.468 e. The van der Waals surface area contributed by atoms with Gasteiger partial charge in [-0.15, -0.1) is 0 Å². The maximum atomic E-state index is 12.0. The number of aryl methyl sites for hydroxylation is 2. The topological polar surface area (TPSA) is 54.3 Å². The molecule has 0 aliphatic carbocycles. The molecule has 0 radical (unpaired) electrons. The molecule has 1 aromatic heterocycles. The molecule has 2 aromatic rings. The van der Waals surface area contributed by atoms with Crippen molar-refractivity contribution in [3.8, 4) is 0 Å². The van der Waals surface area contributed by atoms with Gasteiger partial charge in [0.2, 0.25) is 0 Å². The van der Waals surface area contributed by atoms with Crippen LogP contribution in [0.4, 0.5) is 10.5 Å². The molecular formula is C19H26N2O2S. The van der Waals surface area contributed by atoms with Gasteiger partial charge in [-0.05, 0) is 49.1 Å². The van der Waals surface area contributed by atoms with Gasteiger partial charge in [0.05, 0.1) is 12.0 Å². The Morgan fingerprint density at radius 2 is 2.17 bits per heavy atom. The Morgan fingerprint density at radius 1 is 1.29 bits per heavy atom. The summed E-state index contributed by atoms with van der Waals surface area (Å²) in [7, 11) is 0. The van der Waals surface area contributed by atoms with Crippen LogP contribution in [0.3, 0.4) is 0 Å². The normalized spacial score (nSPS) is 10.6. The molecule has 0 bridgehead atoms. The molecule has 0 fully saturated rings. The van der Waals surface area contributed by atoms with Crippen molar-refractivity contribution in [3.05, 3.63) is 53.5 Å². The SMILES string of the molecule is CCCCc1ccc(NC(=O)NCCSCc2ccco2)c(C)c1. The number of carbonyl (C=O) groups is 1. The number of rotatable bonds is 9. The van der Waals surface area contributed by atoms with Gasteiger partial charge in [0.25, 0.3) is 0 Å². The molecule has 2 amide bonds.